The van der Waals surface area contributed by atoms with Gasteiger partial charge in [-0.2, -0.15) is 0 Å². The Hall–Kier alpha value is -2.43. The molecule has 0 atom stereocenters. The Morgan fingerprint density at radius 3 is 2.75 bits per heavy atom. The van der Waals surface area contributed by atoms with Crippen LogP contribution in [0.5, 0.6) is 5.75 Å². The minimum atomic E-state index is 0.0937. The summed E-state index contributed by atoms with van der Waals surface area (Å²) in [6.45, 7) is 0. The van der Waals surface area contributed by atoms with E-state index in [2.05, 4.69) is 5.16 Å². The van der Waals surface area contributed by atoms with E-state index < -0.39 is 0 Å². The quantitative estimate of drug-likeness (QED) is 0.652. The van der Waals surface area contributed by atoms with Gasteiger partial charge in [0, 0.05) is 11.5 Å². The van der Waals surface area contributed by atoms with Gasteiger partial charge in [0.2, 0.25) is 5.76 Å². The Labute approximate surface area is 90.1 Å². The van der Waals surface area contributed by atoms with E-state index in [-0.39, 0.29) is 5.75 Å². The molecule has 3 aromatic rings. The molecule has 0 saturated heterocycles. The standard InChI is InChI=1S/C11H8N2O3/c12-10-5-9(16-13-10)8-4-6-2-1-3-7(14)11(6)15-8/h1-5,14H,(H2,12,13). The molecule has 5 heteroatoms. The Morgan fingerprint density at radius 2 is 2.06 bits per heavy atom. The van der Waals surface area contributed by atoms with Gasteiger partial charge in [0.15, 0.2) is 22.9 Å². The van der Waals surface area contributed by atoms with Gasteiger partial charge in [0.05, 0.1) is 0 Å². The summed E-state index contributed by atoms with van der Waals surface area (Å²) in [5.41, 5.74) is 5.87. The minimum Gasteiger partial charge on any atom is -0.504 e. The van der Waals surface area contributed by atoms with Gasteiger partial charge in [-0.25, -0.2) is 0 Å². The molecule has 80 valence electrons. The molecule has 3 rings (SSSR count). The van der Waals surface area contributed by atoms with Gasteiger partial charge in [-0.15, -0.1) is 0 Å². The van der Waals surface area contributed by atoms with Gasteiger partial charge < -0.3 is 19.8 Å². The molecule has 16 heavy (non-hydrogen) atoms. The van der Waals surface area contributed by atoms with Crippen molar-refractivity contribution in [3.63, 3.8) is 0 Å². The summed E-state index contributed by atoms with van der Waals surface area (Å²) in [4.78, 5) is 0. The van der Waals surface area contributed by atoms with Crippen LogP contribution in [0.25, 0.3) is 22.5 Å². The zero-order valence-corrected chi connectivity index (χ0v) is 8.18. The molecule has 0 saturated carbocycles. The molecule has 3 N–H and O–H groups in total. The third-order valence-electron chi connectivity index (χ3n) is 2.29. The fourth-order valence-corrected chi connectivity index (χ4v) is 1.57. The van der Waals surface area contributed by atoms with E-state index in [9.17, 15) is 5.11 Å². The van der Waals surface area contributed by atoms with Gasteiger partial charge >= 0.3 is 0 Å². The fraction of sp³-hybridized carbons (Fsp3) is 0. The fourth-order valence-electron chi connectivity index (χ4n) is 1.57. The molecule has 0 aliphatic rings. The SMILES string of the molecule is Nc1cc(-c2cc3cccc(O)c3o2)on1. The van der Waals surface area contributed by atoms with Crippen molar-refractivity contribution in [1.82, 2.24) is 5.16 Å². The molecule has 2 aromatic heterocycles. The van der Waals surface area contributed by atoms with Crippen molar-refractivity contribution >= 4 is 16.8 Å². The van der Waals surface area contributed by atoms with E-state index in [4.69, 9.17) is 14.7 Å². The number of anilines is 1. The number of aromatic nitrogens is 1. The number of nitrogen functional groups attached to an aromatic ring is 1. The van der Waals surface area contributed by atoms with Crippen LogP contribution in [0.4, 0.5) is 5.82 Å². The number of furan rings is 1. The van der Waals surface area contributed by atoms with Crippen molar-refractivity contribution in [2.45, 2.75) is 0 Å². The number of nitrogens with zero attached hydrogens (tertiary/aromatic N) is 1. The maximum atomic E-state index is 9.57. The van der Waals surface area contributed by atoms with Crippen molar-refractivity contribution in [2.75, 3.05) is 5.73 Å². The van der Waals surface area contributed by atoms with Crippen LogP contribution in [0, 0.1) is 0 Å². The highest BCUT2D eigenvalue weighted by Crippen LogP contribution is 2.33. The van der Waals surface area contributed by atoms with Crippen LogP contribution in [-0.2, 0) is 0 Å². The third-order valence-corrected chi connectivity index (χ3v) is 2.29. The monoisotopic (exact) mass is 216 g/mol. The summed E-state index contributed by atoms with van der Waals surface area (Å²) in [5.74, 6) is 1.31. The number of para-hydroxylation sites is 1. The molecule has 0 fully saturated rings. The average molecular weight is 216 g/mol. The number of phenols is 1. The topological polar surface area (TPSA) is 85.4 Å². The highest BCUT2D eigenvalue weighted by molar-refractivity contribution is 5.86. The molecule has 0 radical (unpaired) electrons. The van der Waals surface area contributed by atoms with Crippen molar-refractivity contribution in [2.24, 2.45) is 0 Å². The van der Waals surface area contributed by atoms with Crippen molar-refractivity contribution in [1.29, 1.82) is 0 Å². The number of fused-ring (bicyclic) bond motifs is 1. The third kappa shape index (κ3) is 1.22. The summed E-state index contributed by atoms with van der Waals surface area (Å²) >= 11 is 0. The molecule has 0 spiro atoms. The van der Waals surface area contributed by atoms with Gasteiger partial charge in [-0.1, -0.05) is 17.3 Å². The number of benzene rings is 1. The summed E-state index contributed by atoms with van der Waals surface area (Å²) in [6, 6.07) is 8.46. The number of phenolic OH excluding ortho intramolecular Hbond substituents is 1. The highest BCUT2D eigenvalue weighted by atomic mass is 16.5. The normalized spacial score (nSPS) is 11.0. The molecular formula is C11H8N2O3. The van der Waals surface area contributed by atoms with Crippen LogP contribution >= 0.6 is 0 Å². The summed E-state index contributed by atoms with van der Waals surface area (Å²) in [5, 5.41) is 13.9. The maximum Gasteiger partial charge on any atom is 0.204 e. The number of rotatable bonds is 1. The van der Waals surface area contributed by atoms with Crippen LogP contribution in [0.2, 0.25) is 0 Å². The minimum absolute atomic E-state index is 0.0937. The lowest BCUT2D eigenvalue weighted by Crippen LogP contribution is -1.79. The van der Waals surface area contributed by atoms with E-state index in [1.807, 2.05) is 6.07 Å². The van der Waals surface area contributed by atoms with Crippen LogP contribution in [0.15, 0.2) is 39.3 Å². The zero-order chi connectivity index (χ0) is 11.1. The van der Waals surface area contributed by atoms with E-state index >= 15 is 0 Å². The predicted molar refractivity (Wildman–Crippen MR) is 57.8 cm³/mol. The number of nitrogens with two attached hydrogens (primary N) is 1. The van der Waals surface area contributed by atoms with Gasteiger partial charge in [-0.3, -0.25) is 0 Å². The van der Waals surface area contributed by atoms with Gasteiger partial charge in [0.25, 0.3) is 0 Å². The summed E-state index contributed by atoms with van der Waals surface area (Å²) in [6.07, 6.45) is 0. The molecular weight excluding hydrogens is 208 g/mol. The Kier molecular flexibility index (Phi) is 1.67. The largest absolute Gasteiger partial charge is 0.504 e. The second-order valence-electron chi connectivity index (χ2n) is 3.42. The first-order chi connectivity index (χ1) is 7.74. The van der Waals surface area contributed by atoms with Crippen molar-refractivity contribution in [3.05, 3.63) is 30.3 Å². The van der Waals surface area contributed by atoms with Crippen LogP contribution in [-0.4, -0.2) is 10.3 Å². The van der Waals surface area contributed by atoms with Crippen LogP contribution in [0.3, 0.4) is 0 Å². The first-order valence-electron chi connectivity index (χ1n) is 4.68. The molecule has 0 aliphatic carbocycles. The predicted octanol–water partition coefficient (Wildman–Crippen LogP) is 2.38. The Bertz CT molecular complexity index is 654. The first-order valence-corrected chi connectivity index (χ1v) is 4.68. The lowest BCUT2D eigenvalue weighted by Gasteiger charge is -1.90. The smallest absolute Gasteiger partial charge is 0.204 e. The molecule has 5 nitrogen and oxygen atoms in total. The van der Waals surface area contributed by atoms with E-state index in [0.29, 0.717) is 22.9 Å². The van der Waals surface area contributed by atoms with E-state index in [1.165, 1.54) is 0 Å². The molecule has 2 heterocycles. The number of aromatic hydroxyl groups is 1. The second kappa shape index (κ2) is 3.03. The number of hydrogen-bond acceptors (Lipinski definition) is 5. The molecule has 0 aliphatic heterocycles. The zero-order valence-electron chi connectivity index (χ0n) is 8.18. The Morgan fingerprint density at radius 1 is 1.19 bits per heavy atom. The first kappa shape index (κ1) is 8.84. The number of hydrogen-bond donors (Lipinski definition) is 2. The van der Waals surface area contributed by atoms with Gasteiger partial charge in [-0.05, 0) is 12.1 Å². The molecule has 0 unspecified atom stereocenters. The molecule has 0 amide bonds. The molecule has 0 bridgehead atoms. The van der Waals surface area contributed by atoms with Crippen LogP contribution in [0.1, 0.15) is 0 Å². The average Bonchev–Trinajstić information content (AvgIpc) is 2.84. The van der Waals surface area contributed by atoms with E-state index in [1.54, 1.807) is 24.3 Å². The van der Waals surface area contributed by atoms with Crippen LogP contribution < -0.4 is 5.73 Å². The Balaban J connectivity index is 2.22. The second-order valence-corrected chi connectivity index (χ2v) is 3.42. The maximum absolute atomic E-state index is 9.57. The lowest BCUT2D eigenvalue weighted by atomic mass is 10.2. The lowest BCUT2D eigenvalue weighted by molar-refractivity contribution is 0.421. The van der Waals surface area contributed by atoms with Crippen molar-refractivity contribution < 1.29 is 14.0 Å². The van der Waals surface area contributed by atoms with E-state index in [0.717, 1.165) is 5.39 Å². The summed E-state index contributed by atoms with van der Waals surface area (Å²) in [7, 11) is 0. The van der Waals surface area contributed by atoms with Crippen molar-refractivity contribution in [3.8, 4) is 17.3 Å². The highest BCUT2D eigenvalue weighted by Gasteiger charge is 2.12. The van der Waals surface area contributed by atoms with Gasteiger partial charge in [0.1, 0.15) is 0 Å². The molecule has 1 aromatic carbocycles. The summed E-state index contributed by atoms with van der Waals surface area (Å²) < 4.78 is 10.4.